The van der Waals surface area contributed by atoms with Gasteiger partial charge in [-0.1, -0.05) is 27.2 Å². The molecular weight excluding hydrogens is 308 g/mol. The number of nitrogens with one attached hydrogen (secondary N) is 2. The standard InChI is InChI=1S/C17H36N4OS/c1-5-21(6-2)13-9-12-19-17(18-4)20-15-10-8-11-16(14-15)23(22)7-3/h15-16H,5-14H2,1-4H3,(H2,18,19,20). The van der Waals surface area contributed by atoms with Gasteiger partial charge in [-0.2, -0.15) is 0 Å². The van der Waals surface area contributed by atoms with E-state index in [1.807, 2.05) is 14.0 Å². The first-order valence-corrected chi connectivity index (χ1v) is 10.6. The smallest absolute Gasteiger partial charge is 0.191 e. The van der Waals surface area contributed by atoms with E-state index in [1.54, 1.807) is 0 Å². The molecule has 3 atom stereocenters. The fraction of sp³-hybridized carbons (Fsp3) is 0.941. The van der Waals surface area contributed by atoms with Gasteiger partial charge < -0.3 is 15.5 Å². The second-order valence-electron chi connectivity index (χ2n) is 6.18. The minimum absolute atomic E-state index is 0.354. The third kappa shape index (κ3) is 7.66. The fourth-order valence-corrected chi connectivity index (χ4v) is 4.54. The zero-order chi connectivity index (χ0) is 17.1. The average Bonchev–Trinajstić information content (AvgIpc) is 2.60. The maximum atomic E-state index is 12.0. The lowest BCUT2D eigenvalue weighted by Crippen LogP contribution is -2.47. The Hall–Kier alpha value is -0.620. The second kappa shape index (κ2) is 11.8. The van der Waals surface area contributed by atoms with Crippen LogP contribution in [0.15, 0.2) is 4.99 Å². The zero-order valence-electron chi connectivity index (χ0n) is 15.4. The van der Waals surface area contributed by atoms with Crippen molar-refractivity contribution in [2.75, 3.05) is 39.0 Å². The summed E-state index contributed by atoms with van der Waals surface area (Å²) in [6, 6.07) is 0.401. The Morgan fingerprint density at radius 2 is 2.00 bits per heavy atom. The van der Waals surface area contributed by atoms with Gasteiger partial charge in [-0.3, -0.25) is 9.20 Å². The Kier molecular flexibility index (Phi) is 10.5. The third-order valence-electron chi connectivity index (χ3n) is 4.68. The lowest BCUT2D eigenvalue weighted by molar-refractivity contribution is 0.300. The van der Waals surface area contributed by atoms with Gasteiger partial charge in [0.05, 0.1) is 0 Å². The van der Waals surface area contributed by atoms with Crippen molar-refractivity contribution in [2.24, 2.45) is 4.99 Å². The Morgan fingerprint density at radius 3 is 2.61 bits per heavy atom. The van der Waals surface area contributed by atoms with Gasteiger partial charge >= 0.3 is 0 Å². The van der Waals surface area contributed by atoms with E-state index >= 15 is 0 Å². The monoisotopic (exact) mass is 344 g/mol. The first-order chi connectivity index (χ1) is 11.1. The van der Waals surface area contributed by atoms with Gasteiger partial charge in [0, 0.05) is 41.4 Å². The van der Waals surface area contributed by atoms with Gasteiger partial charge in [0.1, 0.15) is 0 Å². The number of aliphatic imine (C=N–C) groups is 1. The number of guanidine groups is 1. The lowest BCUT2D eigenvalue weighted by atomic mass is 9.95. The van der Waals surface area contributed by atoms with Crippen LogP contribution >= 0.6 is 0 Å². The molecule has 5 nitrogen and oxygen atoms in total. The van der Waals surface area contributed by atoms with Gasteiger partial charge in [0.15, 0.2) is 5.96 Å². The number of rotatable bonds is 9. The highest BCUT2D eigenvalue weighted by Gasteiger charge is 2.25. The van der Waals surface area contributed by atoms with Crippen molar-refractivity contribution < 1.29 is 4.21 Å². The van der Waals surface area contributed by atoms with Crippen LogP contribution in [0.5, 0.6) is 0 Å². The predicted octanol–water partition coefficient (Wildman–Crippen LogP) is 1.96. The molecule has 23 heavy (non-hydrogen) atoms. The summed E-state index contributed by atoms with van der Waals surface area (Å²) in [6.45, 7) is 10.7. The van der Waals surface area contributed by atoms with Crippen LogP contribution in [-0.4, -0.2) is 65.3 Å². The van der Waals surface area contributed by atoms with Crippen LogP contribution in [0.25, 0.3) is 0 Å². The Bertz CT molecular complexity index is 372. The molecule has 0 bridgehead atoms. The summed E-state index contributed by atoms with van der Waals surface area (Å²) in [7, 11) is 1.15. The molecule has 0 aromatic heterocycles. The van der Waals surface area contributed by atoms with Gasteiger partial charge in [-0.05, 0) is 45.3 Å². The van der Waals surface area contributed by atoms with E-state index in [0.717, 1.165) is 70.0 Å². The first-order valence-electron chi connectivity index (χ1n) is 9.21. The summed E-state index contributed by atoms with van der Waals surface area (Å²) in [5.74, 6) is 1.66. The SMILES string of the molecule is CCN(CC)CCCNC(=NC)NC1CCCC(S(=O)CC)C1. The van der Waals surface area contributed by atoms with E-state index in [0.29, 0.717) is 11.3 Å². The number of hydrogen-bond donors (Lipinski definition) is 2. The summed E-state index contributed by atoms with van der Waals surface area (Å²) in [6.07, 6.45) is 5.54. The topological polar surface area (TPSA) is 56.7 Å². The van der Waals surface area contributed by atoms with Crippen molar-refractivity contribution in [3.05, 3.63) is 0 Å². The van der Waals surface area contributed by atoms with Gasteiger partial charge in [0.2, 0.25) is 0 Å². The van der Waals surface area contributed by atoms with Gasteiger partial charge in [-0.25, -0.2) is 0 Å². The van der Waals surface area contributed by atoms with Crippen LogP contribution < -0.4 is 10.6 Å². The fourth-order valence-electron chi connectivity index (χ4n) is 3.19. The van der Waals surface area contributed by atoms with Crippen LogP contribution in [0.2, 0.25) is 0 Å². The molecule has 0 aromatic rings. The molecule has 2 N–H and O–H groups in total. The average molecular weight is 345 g/mol. The van der Waals surface area contributed by atoms with E-state index in [2.05, 4.69) is 34.4 Å². The van der Waals surface area contributed by atoms with Crippen molar-refractivity contribution in [3.8, 4) is 0 Å². The normalized spacial score (nSPS) is 23.8. The highest BCUT2D eigenvalue weighted by atomic mass is 32.2. The highest BCUT2D eigenvalue weighted by Crippen LogP contribution is 2.22. The molecule has 1 saturated carbocycles. The molecule has 0 aliphatic heterocycles. The second-order valence-corrected chi connectivity index (χ2v) is 8.18. The molecule has 1 aliphatic carbocycles. The molecule has 0 aromatic carbocycles. The van der Waals surface area contributed by atoms with Gasteiger partial charge in [0.25, 0.3) is 0 Å². The Morgan fingerprint density at radius 1 is 1.26 bits per heavy atom. The molecular formula is C17H36N4OS. The van der Waals surface area contributed by atoms with Crippen molar-refractivity contribution in [3.63, 3.8) is 0 Å². The molecule has 3 unspecified atom stereocenters. The van der Waals surface area contributed by atoms with Crippen LogP contribution in [0.4, 0.5) is 0 Å². The molecule has 6 heteroatoms. The summed E-state index contributed by atoms with van der Waals surface area (Å²) in [5.41, 5.74) is 0. The zero-order valence-corrected chi connectivity index (χ0v) is 16.3. The van der Waals surface area contributed by atoms with E-state index in [4.69, 9.17) is 0 Å². The molecule has 136 valence electrons. The third-order valence-corrected chi connectivity index (χ3v) is 6.43. The predicted molar refractivity (Wildman–Crippen MR) is 102 cm³/mol. The van der Waals surface area contributed by atoms with Crippen molar-refractivity contribution in [2.45, 2.75) is 64.2 Å². The van der Waals surface area contributed by atoms with Crippen LogP contribution in [0.1, 0.15) is 52.9 Å². The molecule has 1 rings (SSSR count). The van der Waals surface area contributed by atoms with Crippen molar-refractivity contribution >= 4 is 16.8 Å². The maximum Gasteiger partial charge on any atom is 0.191 e. The summed E-state index contributed by atoms with van der Waals surface area (Å²) in [4.78, 5) is 6.77. The lowest BCUT2D eigenvalue weighted by Gasteiger charge is -2.30. The minimum Gasteiger partial charge on any atom is -0.356 e. The molecule has 1 aliphatic rings. The Labute approximate surface area is 145 Å². The first kappa shape index (κ1) is 20.4. The van der Waals surface area contributed by atoms with Gasteiger partial charge in [-0.15, -0.1) is 0 Å². The molecule has 0 saturated heterocycles. The molecule has 0 radical (unpaired) electrons. The van der Waals surface area contributed by atoms with Crippen LogP contribution in [-0.2, 0) is 10.8 Å². The van der Waals surface area contributed by atoms with Crippen molar-refractivity contribution in [1.29, 1.82) is 0 Å². The van der Waals surface area contributed by atoms with E-state index < -0.39 is 10.8 Å². The largest absolute Gasteiger partial charge is 0.356 e. The summed E-state index contributed by atoms with van der Waals surface area (Å²) in [5, 5.41) is 7.29. The van der Waals surface area contributed by atoms with E-state index in [9.17, 15) is 4.21 Å². The minimum atomic E-state index is -0.671. The number of hydrogen-bond acceptors (Lipinski definition) is 3. The highest BCUT2D eigenvalue weighted by molar-refractivity contribution is 7.85. The summed E-state index contributed by atoms with van der Waals surface area (Å²) >= 11 is 0. The van der Waals surface area contributed by atoms with Crippen molar-refractivity contribution in [1.82, 2.24) is 15.5 Å². The molecule has 0 spiro atoms. The Balaban J connectivity index is 2.31. The quantitative estimate of drug-likeness (QED) is 0.381. The molecule has 0 heterocycles. The number of nitrogens with zero attached hydrogens (tertiary/aromatic N) is 2. The van der Waals surface area contributed by atoms with E-state index in [-0.39, 0.29) is 0 Å². The van der Waals surface area contributed by atoms with Crippen LogP contribution in [0, 0.1) is 0 Å². The van der Waals surface area contributed by atoms with E-state index in [1.165, 1.54) is 0 Å². The maximum absolute atomic E-state index is 12.0. The molecule has 1 fully saturated rings. The summed E-state index contributed by atoms with van der Waals surface area (Å²) < 4.78 is 12.0. The van der Waals surface area contributed by atoms with Crippen LogP contribution in [0.3, 0.4) is 0 Å². The molecule has 0 amide bonds.